The topological polar surface area (TPSA) is 41.1 Å². The van der Waals surface area contributed by atoms with E-state index in [1.165, 1.54) is 12.1 Å². The first-order valence-corrected chi connectivity index (χ1v) is 5.22. The second kappa shape index (κ2) is 6.20. The number of alkyl halides is 3. The summed E-state index contributed by atoms with van der Waals surface area (Å²) in [4.78, 5) is 11.4. The van der Waals surface area contributed by atoms with Gasteiger partial charge < -0.3 is 10.6 Å². The van der Waals surface area contributed by atoms with Crippen molar-refractivity contribution < 1.29 is 18.0 Å². The lowest BCUT2D eigenvalue weighted by molar-refractivity contribution is -0.137. The van der Waals surface area contributed by atoms with Crippen LogP contribution in [0.15, 0.2) is 36.9 Å². The van der Waals surface area contributed by atoms with E-state index in [0.29, 0.717) is 6.54 Å². The molecule has 1 aromatic rings. The smallest absolute Gasteiger partial charge is 0.325 e. The molecule has 0 aliphatic carbocycles. The number of benzene rings is 1. The van der Waals surface area contributed by atoms with Gasteiger partial charge in [-0.05, 0) is 18.2 Å². The maximum atomic E-state index is 12.4. The molecule has 0 saturated heterocycles. The maximum absolute atomic E-state index is 12.4. The van der Waals surface area contributed by atoms with Crippen molar-refractivity contribution >= 4 is 11.6 Å². The highest BCUT2D eigenvalue weighted by molar-refractivity contribution is 5.92. The van der Waals surface area contributed by atoms with Gasteiger partial charge in [0, 0.05) is 12.2 Å². The molecular weight excluding hydrogens is 245 g/mol. The summed E-state index contributed by atoms with van der Waals surface area (Å²) in [6.07, 6.45) is -2.83. The lowest BCUT2D eigenvalue weighted by atomic mass is 10.2. The number of amides is 1. The summed E-state index contributed by atoms with van der Waals surface area (Å²) in [5.41, 5.74) is -0.672. The minimum absolute atomic E-state index is 0.0161. The average molecular weight is 258 g/mol. The third kappa shape index (κ3) is 4.58. The molecule has 0 bridgehead atoms. The van der Waals surface area contributed by atoms with Gasteiger partial charge in [-0.1, -0.05) is 12.1 Å². The minimum Gasteiger partial charge on any atom is -0.325 e. The molecule has 0 fully saturated rings. The van der Waals surface area contributed by atoms with Crippen molar-refractivity contribution in [3.63, 3.8) is 0 Å². The van der Waals surface area contributed by atoms with E-state index in [-0.39, 0.29) is 12.2 Å². The van der Waals surface area contributed by atoms with E-state index < -0.39 is 17.6 Å². The number of carbonyl (C=O) groups excluding carboxylic acids is 1. The fraction of sp³-hybridized carbons (Fsp3) is 0.250. The van der Waals surface area contributed by atoms with Crippen molar-refractivity contribution in [1.29, 1.82) is 0 Å². The van der Waals surface area contributed by atoms with Crippen LogP contribution >= 0.6 is 0 Å². The van der Waals surface area contributed by atoms with Crippen molar-refractivity contribution in [3.05, 3.63) is 42.5 Å². The Morgan fingerprint density at radius 3 is 2.72 bits per heavy atom. The zero-order chi connectivity index (χ0) is 13.6. The Hall–Kier alpha value is -1.82. The van der Waals surface area contributed by atoms with Crippen LogP contribution in [0.1, 0.15) is 5.56 Å². The molecule has 1 rings (SSSR count). The Morgan fingerprint density at radius 1 is 1.39 bits per heavy atom. The molecule has 3 nitrogen and oxygen atoms in total. The standard InChI is InChI=1S/C12H13F3N2O/c1-2-6-16-8-11(18)17-10-5-3-4-9(7-10)12(13,14)15/h2-5,7,16H,1,6,8H2,(H,17,18). The Labute approximate surface area is 103 Å². The van der Waals surface area contributed by atoms with Crippen LogP contribution in [0.3, 0.4) is 0 Å². The lowest BCUT2D eigenvalue weighted by Gasteiger charge is -2.09. The van der Waals surface area contributed by atoms with Crippen LogP contribution in [0.2, 0.25) is 0 Å². The average Bonchev–Trinajstić information content (AvgIpc) is 2.28. The van der Waals surface area contributed by atoms with Gasteiger partial charge in [-0.2, -0.15) is 13.2 Å². The molecule has 98 valence electrons. The first kappa shape index (κ1) is 14.2. The van der Waals surface area contributed by atoms with Gasteiger partial charge in [0.1, 0.15) is 0 Å². The molecule has 18 heavy (non-hydrogen) atoms. The van der Waals surface area contributed by atoms with E-state index in [1.54, 1.807) is 6.08 Å². The maximum Gasteiger partial charge on any atom is 0.416 e. The Balaban J connectivity index is 2.62. The first-order valence-electron chi connectivity index (χ1n) is 5.22. The molecule has 0 atom stereocenters. The molecule has 6 heteroatoms. The summed E-state index contributed by atoms with van der Waals surface area (Å²) in [6.45, 7) is 3.93. The van der Waals surface area contributed by atoms with Crippen LogP contribution in [-0.4, -0.2) is 19.0 Å². The highest BCUT2D eigenvalue weighted by atomic mass is 19.4. The van der Waals surface area contributed by atoms with E-state index in [1.807, 2.05) is 0 Å². The highest BCUT2D eigenvalue weighted by Crippen LogP contribution is 2.30. The molecule has 2 N–H and O–H groups in total. The molecular formula is C12H13F3N2O. The number of anilines is 1. The molecule has 0 unspecified atom stereocenters. The minimum atomic E-state index is -4.41. The van der Waals surface area contributed by atoms with E-state index in [0.717, 1.165) is 12.1 Å². The summed E-state index contributed by atoms with van der Waals surface area (Å²) in [7, 11) is 0. The molecule has 0 aromatic heterocycles. The zero-order valence-corrected chi connectivity index (χ0v) is 9.55. The van der Waals surface area contributed by atoms with Gasteiger partial charge in [-0.3, -0.25) is 4.79 Å². The van der Waals surface area contributed by atoms with Gasteiger partial charge >= 0.3 is 6.18 Å². The van der Waals surface area contributed by atoms with E-state index in [9.17, 15) is 18.0 Å². The third-order valence-electron chi connectivity index (χ3n) is 2.05. The van der Waals surface area contributed by atoms with E-state index in [2.05, 4.69) is 17.2 Å². The molecule has 1 amide bonds. The van der Waals surface area contributed by atoms with Crippen LogP contribution in [-0.2, 0) is 11.0 Å². The molecule has 1 aromatic carbocycles. The Bertz CT molecular complexity index is 430. The number of rotatable bonds is 5. The van der Waals surface area contributed by atoms with Gasteiger partial charge in [0.15, 0.2) is 0 Å². The summed E-state index contributed by atoms with van der Waals surface area (Å²) in [5, 5.41) is 5.13. The number of hydrogen-bond donors (Lipinski definition) is 2. The number of hydrogen-bond acceptors (Lipinski definition) is 2. The molecule has 0 saturated carbocycles. The van der Waals surface area contributed by atoms with Gasteiger partial charge in [-0.15, -0.1) is 6.58 Å². The second-order valence-corrected chi connectivity index (χ2v) is 3.55. The van der Waals surface area contributed by atoms with Crippen LogP contribution in [0, 0.1) is 0 Å². The monoisotopic (exact) mass is 258 g/mol. The molecule has 0 aliphatic rings. The van der Waals surface area contributed by atoms with Crippen molar-refractivity contribution in [2.45, 2.75) is 6.18 Å². The van der Waals surface area contributed by atoms with Gasteiger partial charge in [0.25, 0.3) is 0 Å². The first-order chi connectivity index (χ1) is 8.43. The molecule has 0 heterocycles. The van der Waals surface area contributed by atoms with Crippen molar-refractivity contribution in [1.82, 2.24) is 5.32 Å². The molecule has 0 aliphatic heterocycles. The zero-order valence-electron chi connectivity index (χ0n) is 9.55. The lowest BCUT2D eigenvalue weighted by Crippen LogP contribution is -2.28. The normalized spacial score (nSPS) is 11.1. The quantitative estimate of drug-likeness (QED) is 0.629. The van der Waals surface area contributed by atoms with Crippen LogP contribution in [0.5, 0.6) is 0 Å². The van der Waals surface area contributed by atoms with Crippen LogP contribution < -0.4 is 10.6 Å². The molecule has 0 spiro atoms. The Kier molecular flexibility index (Phi) is 4.91. The second-order valence-electron chi connectivity index (χ2n) is 3.55. The summed E-state index contributed by atoms with van der Waals surface area (Å²) >= 11 is 0. The third-order valence-corrected chi connectivity index (χ3v) is 2.05. The van der Waals surface area contributed by atoms with Crippen molar-refractivity contribution in [2.75, 3.05) is 18.4 Å². The number of nitrogens with one attached hydrogen (secondary N) is 2. The van der Waals surface area contributed by atoms with Gasteiger partial charge in [0.2, 0.25) is 5.91 Å². The summed E-state index contributed by atoms with van der Waals surface area (Å²) < 4.78 is 37.3. The predicted octanol–water partition coefficient (Wildman–Crippen LogP) is 2.42. The van der Waals surface area contributed by atoms with Crippen LogP contribution in [0.4, 0.5) is 18.9 Å². The van der Waals surface area contributed by atoms with E-state index >= 15 is 0 Å². The van der Waals surface area contributed by atoms with Crippen LogP contribution in [0.25, 0.3) is 0 Å². The number of carbonyl (C=O) groups is 1. The van der Waals surface area contributed by atoms with Crippen molar-refractivity contribution in [3.8, 4) is 0 Å². The van der Waals surface area contributed by atoms with Crippen molar-refractivity contribution in [2.24, 2.45) is 0 Å². The summed E-state index contributed by atoms with van der Waals surface area (Å²) in [6, 6.07) is 4.49. The Morgan fingerprint density at radius 2 is 2.11 bits per heavy atom. The highest BCUT2D eigenvalue weighted by Gasteiger charge is 2.30. The fourth-order valence-corrected chi connectivity index (χ4v) is 1.27. The fourth-order valence-electron chi connectivity index (χ4n) is 1.27. The predicted molar refractivity (Wildman–Crippen MR) is 63.1 cm³/mol. The van der Waals surface area contributed by atoms with Gasteiger partial charge in [0.05, 0.1) is 12.1 Å². The largest absolute Gasteiger partial charge is 0.416 e. The SMILES string of the molecule is C=CCNCC(=O)Nc1cccc(C(F)(F)F)c1. The van der Waals surface area contributed by atoms with E-state index in [4.69, 9.17) is 0 Å². The van der Waals surface area contributed by atoms with Gasteiger partial charge in [-0.25, -0.2) is 0 Å². The number of halogens is 3. The molecule has 0 radical (unpaired) electrons. The summed E-state index contributed by atoms with van der Waals surface area (Å²) in [5.74, 6) is -0.406.